The Morgan fingerprint density at radius 3 is 2.40 bits per heavy atom. The minimum absolute atomic E-state index is 0.0707. The molecule has 0 saturated carbocycles. The van der Waals surface area contributed by atoms with Gasteiger partial charge in [-0.05, 0) is 78.8 Å². The molecule has 0 bridgehead atoms. The van der Waals surface area contributed by atoms with Crippen molar-refractivity contribution >= 4 is 23.2 Å². The van der Waals surface area contributed by atoms with Crippen LogP contribution >= 0.6 is 0 Å². The maximum Gasteiger partial charge on any atom is 0.251 e. The number of rotatable bonds is 12. The van der Waals surface area contributed by atoms with Crippen molar-refractivity contribution in [3.63, 3.8) is 0 Å². The molecule has 2 aliphatic rings. The summed E-state index contributed by atoms with van der Waals surface area (Å²) in [6.07, 6.45) is 5.48. The fourth-order valence-electron chi connectivity index (χ4n) is 5.25. The number of aliphatic hydroxyl groups excluding tert-OH is 1. The van der Waals surface area contributed by atoms with E-state index in [0.717, 1.165) is 31.5 Å². The van der Waals surface area contributed by atoms with Crippen LogP contribution in [0, 0.1) is 22.7 Å². The van der Waals surface area contributed by atoms with Gasteiger partial charge in [0.05, 0.1) is 12.3 Å². The number of allylic oxidation sites excluding steroid dienone is 2. The number of amides is 2. The third kappa shape index (κ3) is 8.36. The van der Waals surface area contributed by atoms with Gasteiger partial charge in [0, 0.05) is 62.0 Å². The van der Waals surface area contributed by atoms with Gasteiger partial charge in [-0.2, -0.15) is 0 Å². The van der Waals surface area contributed by atoms with E-state index in [0.29, 0.717) is 66.0 Å². The van der Waals surface area contributed by atoms with E-state index in [1.165, 1.54) is 0 Å². The van der Waals surface area contributed by atoms with Crippen LogP contribution in [0.15, 0.2) is 54.6 Å². The molecule has 2 aliphatic heterocycles. The van der Waals surface area contributed by atoms with E-state index in [4.69, 9.17) is 15.6 Å². The van der Waals surface area contributed by atoms with Gasteiger partial charge in [-0.3, -0.25) is 9.59 Å². The Kier molecular flexibility index (Phi) is 10.7. The monoisotopic (exact) mass is 573 g/mol. The van der Waals surface area contributed by atoms with Crippen LogP contribution in [0.4, 0.5) is 0 Å². The fourth-order valence-corrected chi connectivity index (χ4v) is 5.25. The first kappa shape index (κ1) is 31.1. The van der Waals surface area contributed by atoms with Gasteiger partial charge in [0.15, 0.2) is 0 Å². The van der Waals surface area contributed by atoms with Gasteiger partial charge < -0.3 is 35.8 Å². The highest BCUT2D eigenvalue weighted by Gasteiger charge is 2.28. The Morgan fingerprint density at radius 2 is 1.79 bits per heavy atom. The first-order chi connectivity index (χ1) is 20.1. The SMILES string of the molecule is CC(C)C(=N)/C=C\C(=N)c1ccc(Oc2cc(C(=O)NC3CCN(CCO)CC3)ccc2CN2C[C@@H](C)CC2=O)cc1. The van der Waals surface area contributed by atoms with Crippen molar-refractivity contribution in [2.45, 2.75) is 52.6 Å². The lowest BCUT2D eigenvalue weighted by Gasteiger charge is -2.31. The predicted molar refractivity (Wildman–Crippen MR) is 165 cm³/mol. The molecule has 0 radical (unpaired) electrons. The summed E-state index contributed by atoms with van der Waals surface area (Å²) >= 11 is 0. The largest absolute Gasteiger partial charge is 0.457 e. The summed E-state index contributed by atoms with van der Waals surface area (Å²) in [4.78, 5) is 29.8. The van der Waals surface area contributed by atoms with Crippen LogP contribution in [0.25, 0.3) is 0 Å². The number of ether oxygens (including phenoxy) is 1. The Labute approximate surface area is 248 Å². The molecule has 42 heavy (non-hydrogen) atoms. The Balaban J connectivity index is 1.50. The van der Waals surface area contributed by atoms with Gasteiger partial charge >= 0.3 is 0 Å². The number of β-amino-alcohol motifs (C(OH)–C–C–N with tert-alkyl or cyclic N) is 1. The Hall–Kier alpha value is -3.82. The van der Waals surface area contributed by atoms with E-state index in [2.05, 4.69) is 17.1 Å². The molecule has 1 atom stereocenters. The van der Waals surface area contributed by atoms with Crippen LogP contribution < -0.4 is 10.1 Å². The second kappa shape index (κ2) is 14.4. The number of carbonyl (C=O) groups excluding carboxylic acids is 2. The quantitative estimate of drug-likeness (QED) is 0.275. The number of carbonyl (C=O) groups is 2. The Bertz CT molecular complexity index is 1310. The van der Waals surface area contributed by atoms with Crippen LogP contribution in [0.2, 0.25) is 0 Å². The second-order valence-electron chi connectivity index (χ2n) is 11.7. The number of nitrogens with zero attached hydrogens (tertiary/aromatic N) is 2. The molecule has 9 heteroatoms. The van der Waals surface area contributed by atoms with E-state index in [9.17, 15) is 14.7 Å². The van der Waals surface area contributed by atoms with Crippen molar-refractivity contribution in [3.8, 4) is 11.5 Å². The van der Waals surface area contributed by atoms with Crippen molar-refractivity contribution in [2.24, 2.45) is 11.8 Å². The molecular formula is C33H43N5O4. The number of likely N-dealkylation sites (tertiary alicyclic amines) is 2. The minimum atomic E-state index is -0.166. The summed E-state index contributed by atoms with van der Waals surface area (Å²) in [5.74, 6) is 1.42. The van der Waals surface area contributed by atoms with E-state index in [1.807, 2.05) is 24.8 Å². The van der Waals surface area contributed by atoms with E-state index >= 15 is 0 Å². The number of hydrogen-bond acceptors (Lipinski definition) is 7. The average Bonchev–Trinajstić information content (AvgIpc) is 3.29. The standard InChI is InChI=1S/C33H43N5O4/c1-22(2)29(34)10-11-30(35)24-6-8-28(9-7-24)42-31-19-25(4-5-26(31)21-38-20-23(3)18-32(38)40)33(41)36-27-12-14-37(15-13-27)16-17-39/h4-11,19,22-23,27,34-35,39H,12-18,20-21H2,1-3H3,(H,36,41)/b11-10-,34-29?,35-30?/t23-/m0/s1. The van der Waals surface area contributed by atoms with Crippen molar-refractivity contribution in [3.05, 3.63) is 71.3 Å². The van der Waals surface area contributed by atoms with Gasteiger partial charge in [0.2, 0.25) is 5.91 Å². The molecular weight excluding hydrogens is 530 g/mol. The van der Waals surface area contributed by atoms with Crippen molar-refractivity contribution in [2.75, 3.05) is 32.8 Å². The minimum Gasteiger partial charge on any atom is -0.457 e. The fraction of sp³-hybridized carbons (Fsp3) is 0.455. The summed E-state index contributed by atoms with van der Waals surface area (Å²) in [6, 6.07) is 12.6. The first-order valence-corrected chi connectivity index (χ1v) is 14.8. The molecule has 0 spiro atoms. The third-order valence-electron chi connectivity index (χ3n) is 7.88. The van der Waals surface area contributed by atoms with E-state index in [-0.39, 0.29) is 30.4 Å². The lowest BCUT2D eigenvalue weighted by Crippen LogP contribution is -2.45. The van der Waals surface area contributed by atoms with Crippen molar-refractivity contribution < 1.29 is 19.4 Å². The summed E-state index contributed by atoms with van der Waals surface area (Å²) in [6.45, 7) is 9.51. The molecule has 2 saturated heterocycles. The second-order valence-corrected chi connectivity index (χ2v) is 11.7. The maximum absolute atomic E-state index is 13.2. The molecule has 0 unspecified atom stereocenters. The Morgan fingerprint density at radius 1 is 1.10 bits per heavy atom. The van der Waals surface area contributed by atoms with Crippen LogP contribution in [0.5, 0.6) is 11.5 Å². The lowest BCUT2D eigenvalue weighted by atomic mass is 10.0. The average molecular weight is 574 g/mol. The molecule has 4 N–H and O–H groups in total. The van der Waals surface area contributed by atoms with Crippen LogP contribution in [0.1, 0.15) is 61.5 Å². The number of nitrogens with one attached hydrogen (secondary N) is 3. The molecule has 4 rings (SSSR count). The molecule has 2 amide bonds. The van der Waals surface area contributed by atoms with Crippen LogP contribution in [-0.2, 0) is 11.3 Å². The van der Waals surface area contributed by atoms with Gasteiger partial charge in [0.1, 0.15) is 11.5 Å². The van der Waals surface area contributed by atoms with Crippen LogP contribution in [0.3, 0.4) is 0 Å². The molecule has 2 heterocycles. The number of hydrogen-bond donors (Lipinski definition) is 4. The number of benzene rings is 2. The highest BCUT2D eigenvalue weighted by atomic mass is 16.5. The van der Waals surface area contributed by atoms with E-state index < -0.39 is 0 Å². The molecule has 2 aromatic carbocycles. The summed E-state index contributed by atoms with van der Waals surface area (Å²) in [7, 11) is 0. The van der Waals surface area contributed by atoms with Crippen molar-refractivity contribution in [1.82, 2.24) is 15.1 Å². The van der Waals surface area contributed by atoms with Gasteiger partial charge in [-0.25, -0.2) is 0 Å². The van der Waals surface area contributed by atoms with Gasteiger partial charge in [0.25, 0.3) is 5.91 Å². The number of piperidine rings is 1. The third-order valence-corrected chi connectivity index (χ3v) is 7.88. The lowest BCUT2D eigenvalue weighted by molar-refractivity contribution is -0.128. The highest BCUT2D eigenvalue weighted by molar-refractivity contribution is 6.10. The summed E-state index contributed by atoms with van der Waals surface area (Å²) < 4.78 is 6.30. The summed E-state index contributed by atoms with van der Waals surface area (Å²) in [5.41, 5.74) is 2.77. The highest BCUT2D eigenvalue weighted by Crippen LogP contribution is 2.30. The molecule has 2 fully saturated rings. The topological polar surface area (TPSA) is 130 Å². The zero-order valence-corrected chi connectivity index (χ0v) is 24.9. The molecule has 0 aliphatic carbocycles. The zero-order chi connectivity index (χ0) is 30.2. The predicted octanol–water partition coefficient (Wildman–Crippen LogP) is 4.63. The van der Waals surface area contributed by atoms with Crippen LogP contribution in [-0.4, -0.2) is 77.0 Å². The normalized spacial score (nSPS) is 18.2. The first-order valence-electron chi connectivity index (χ1n) is 14.8. The number of aliphatic hydroxyl groups is 1. The summed E-state index contributed by atoms with van der Waals surface area (Å²) in [5, 5.41) is 28.6. The molecule has 2 aromatic rings. The van der Waals surface area contributed by atoms with Gasteiger partial charge in [-0.1, -0.05) is 26.8 Å². The van der Waals surface area contributed by atoms with E-state index in [1.54, 1.807) is 48.6 Å². The maximum atomic E-state index is 13.2. The van der Waals surface area contributed by atoms with Gasteiger partial charge in [-0.15, -0.1) is 0 Å². The molecule has 0 aromatic heterocycles. The molecule has 9 nitrogen and oxygen atoms in total. The van der Waals surface area contributed by atoms with Crippen molar-refractivity contribution in [1.29, 1.82) is 10.8 Å². The smallest absolute Gasteiger partial charge is 0.251 e. The zero-order valence-electron chi connectivity index (χ0n) is 24.9. The molecule has 224 valence electrons.